The molecule has 3 aliphatic rings. The van der Waals surface area contributed by atoms with Crippen molar-refractivity contribution >= 4 is 35.2 Å². The van der Waals surface area contributed by atoms with Crippen molar-refractivity contribution < 1.29 is 29.0 Å². The van der Waals surface area contributed by atoms with Crippen molar-refractivity contribution in [2.24, 2.45) is 11.8 Å². The molecule has 5 atom stereocenters. The summed E-state index contributed by atoms with van der Waals surface area (Å²) in [5.41, 5.74) is 0.692. The average molecular weight is 557 g/mol. The molecule has 1 N–H and O–H groups in total. The molecule has 2 amide bonds. The summed E-state index contributed by atoms with van der Waals surface area (Å²) in [6.07, 6.45) is 7.37. The van der Waals surface area contributed by atoms with Gasteiger partial charge in [-0.3, -0.25) is 14.4 Å². The molecule has 3 aliphatic heterocycles. The smallest absolute Gasteiger partial charge is 0.311 e. The number of rotatable bonds is 14. The van der Waals surface area contributed by atoms with E-state index in [4.69, 9.17) is 9.47 Å². The second-order valence-electron chi connectivity index (χ2n) is 10.7. The van der Waals surface area contributed by atoms with E-state index in [0.717, 1.165) is 12.8 Å². The quantitative estimate of drug-likeness (QED) is 0.210. The minimum Gasteiger partial charge on any atom is -0.497 e. The molecule has 1 aromatic carbocycles. The lowest BCUT2D eigenvalue weighted by Gasteiger charge is -2.37. The number of hydrogen-bond donors (Lipinski definition) is 1. The van der Waals surface area contributed by atoms with E-state index in [-0.39, 0.29) is 37.5 Å². The third kappa shape index (κ3) is 5.23. The Morgan fingerprint density at radius 3 is 2.56 bits per heavy atom. The number of thioether (sulfide) groups is 1. The predicted octanol–water partition coefficient (Wildman–Crippen LogP) is 3.98. The van der Waals surface area contributed by atoms with Gasteiger partial charge in [0.05, 0.1) is 30.3 Å². The van der Waals surface area contributed by atoms with Crippen molar-refractivity contribution in [3.8, 4) is 5.75 Å². The van der Waals surface area contributed by atoms with E-state index >= 15 is 0 Å². The lowest BCUT2D eigenvalue weighted by molar-refractivity contribution is -0.155. The molecule has 3 fully saturated rings. The monoisotopic (exact) mass is 556 g/mol. The number of hydrogen-bond acceptors (Lipinski definition) is 7. The van der Waals surface area contributed by atoms with E-state index in [9.17, 15) is 19.5 Å². The molecule has 0 aliphatic carbocycles. The maximum Gasteiger partial charge on any atom is 0.311 e. The number of aliphatic hydroxyl groups excluding tert-OH is 1. The minimum atomic E-state index is -0.719. The highest BCUT2D eigenvalue weighted by Gasteiger charge is 2.77. The molecular formula is C30H40N2O6S. The molecule has 0 aromatic heterocycles. The van der Waals surface area contributed by atoms with Gasteiger partial charge in [-0.15, -0.1) is 24.9 Å². The highest BCUT2D eigenvalue weighted by molar-refractivity contribution is 8.02. The first-order valence-corrected chi connectivity index (χ1v) is 14.5. The van der Waals surface area contributed by atoms with Crippen LogP contribution in [0.5, 0.6) is 5.75 Å². The third-order valence-electron chi connectivity index (χ3n) is 8.35. The number of anilines is 1. The Balaban J connectivity index is 1.72. The fourth-order valence-corrected chi connectivity index (χ4v) is 8.91. The predicted molar refractivity (Wildman–Crippen MR) is 153 cm³/mol. The molecule has 1 aromatic rings. The van der Waals surface area contributed by atoms with Crippen molar-refractivity contribution in [3.05, 3.63) is 49.6 Å². The summed E-state index contributed by atoms with van der Waals surface area (Å²) in [6, 6.07) is 6.55. The van der Waals surface area contributed by atoms with Crippen LogP contribution in [0.4, 0.5) is 5.69 Å². The van der Waals surface area contributed by atoms with E-state index < -0.39 is 27.4 Å². The molecule has 212 valence electrons. The van der Waals surface area contributed by atoms with Crippen molar-refractivity contribution in [2.75, 3.05) is 38.3 Å². The molecule has 2 unspecified atom stereocenters. The number of likely N-dealkylation sites (tertiary alicyclic amines) is 1. The van der Waals surface area contributed by atoms with Gasteiger partial charge in [0.2, 0.25) is 5.91 Å². The van der Waals surface area contributed by atoms with Gasteiger partial charge >= 0.3 is 5.97 Å². The Hall–Kier alpha value is -2.78. The first-order valence-electron chi connectivity index (χ1n) is 13.7. The van der Waals surface area contributed by atoms with Gasteiger partial charge in [0.1, 0.15) is 11.8 Å². The van der Waals surface area contributed by atoms with Gasteiger partial charge in [0, 0.05) is 30.1 Å². The Bertz CT molecular complexity index is 1090. The zero-order valence-corrected chi connectivity index (χ0v) is 23.8. The first kappa shape index (κ1) is 29.2. The Kier molecular flexibility index (Phi) is 9.11. The average Bonchev–Trinajstić information content (AvgIpc) is 3.50. The van der Waals surface area contributed by atoms with Crippen LogP contribution >= 0.6 is 11.8 Å². The molecule has 39 heavy (non-hydrogen) atoms. The zero-order valence-electron chi connectivity index (χ0n) is 23.0. The molecule has 1 spiro atoms. The molecule has 2 bridgehead atoms. The van der Waals surface area contributed by atoms with E-state index in [0.29, 0.717) is 43.7 Å². The highest BCUT2D eigenvalue weighted by Crippen LogP contribution is 2.71. The van der Waals surface area contributed by atoms with E-state index in [1.54, 1.807) is 53.0 Å². The summed E-state index contributed by atoms with van der Waals surface area (Å²) in [5.74, 6) is -1.23. The Labute approximate surface area is 235 Å². The van der Waals surface area contributed by atoms with E-state index in [2.05, 4.69) is 13.2 Å². The molecule has 4 rings (SSSR count). The molecular weight excluding hydrogens is 516 g/mol. The number of nitrogens with zero attached hydrogens (tertiary/aromatic N) is 2. The molecule has 3 heterocycles. The van der Waals surface area contributed by atoms with E-state index in [1.165, 1.54) is 0 Å². The van der Waals surface area contributed by atoms with Gasteiger partial charge in [-0.05, 0) is 69.7 Å². The third-order valence-corrected chi connectivity index (χ3v) is 10.3. The summed E-state index contributed by atoms with van der Waals surface area (Å²) >= 11 is 1.64. The van der Waals surface area contributed by atoms with Gasteiger partial charge in [-0.25, -0.2) is 0 Å². The first-order chi connectivity index (χ1) is 18.8. The van der Waals surface area contributed by atoms with Crippen molar-refractivity contribution in [3.63, 3.8) is 0 Å². The second kappa shape index (κ2) is 12.2. The molecule has 9 heteroatoms. The number of aliphatic hydroxyl groups is 1. The summed E-state index contributed by atoms with van der Waals surface area (Å²) < 4.78 is 9.72. The SMILES string of the molecule is C=CCCOC(=O)[C@H]1[C@H]2C(=O)N(CCCCCO)C(C(=O)N(CC=C)c3ccc(OC)cc3)C23CC[C@]1(C)S3. The fraction of sp³-hybridized carbons (Fsp3) is 0.567. The Morgan fingerprint density at radius 1 is 1.18 bits per heavy atom. The lowest BCUT2D eigenvalue weighted by atomic mass is 9.66. The minimum absolute atomic E-state index is 0.0836. The maximum absolute atomic E-state index is 14.5. The number of methoxy groups -OCH3 is 1. The van der Waals surface area contributed by atoms with Gasteiger partial charge in [-0.1, -0.05) is 12.2 Å². The van der Waals surface area contributed by atoms with Crippen molar-refractivity contribution in [1.29, 1.82) is 0 Å². The molecule has 0 radical (unpaired) electrons. The normalized spacial score (nSPS) is 28.7. The highest BCUT2D eigenvalue weighted by atomic mass is 32.2. The fourth-order valence-electron chi connectivity index (χ4n) is 6.57. The summed E-state index contributed by atoms with van der Waals surface area (Å²) in [7, 11) is 1.59. The topological polar surface area (TPSA) is 96.4 Å². The number of esters is 1. The van der Waals surface area contributed by atoms with Crippen molar-refractivity contribution in [1.82, 2.24) is 4.90 Å². The molecule has 8 nitrogen and oxygen atoms in total. The summed E-state index contributed by atoms with van der Waals surface area (Å²) in [4.78, 5) is 45.5. The summed E-state index contributed by atoms with van der Waals surface area (Å²) in [5, 5.41) is 9.25. The standard InChI is InChI=1S/C30H40N2O6S/c1-5-7-20-38-28(36)24-23-26(34)32(18-9-8-10-19-33)25(30(23)16-15-29(24,3)39-30)27(35)31(17-6-2)21-11-13-22(37-4)14-12-21/h5-6,11-14,23-25,33H,1-2,7-10,15-20H2,3-4H3/t23-,24+,25?,29-,30?/m0/s1. The Morgan fingerprint density at radius 2 is 1.92 bits per heavy atom. The number of carbonyl (C=O) groups excluding carboxylic acids is 3. The number of unbranched alkanes of at least 4 members (excludes halogenated alkanes) is 2. The van der Waals surface area contributed by atoms with Crippen molar-refractivity contribution in [2.45, 2.75) is 61.0 Å². The van der Waals surface area contributed by atoms with Crippen LogP contribution in [0.2, 0.25) is 0 Å². The van der Waals surface area contributed by atoms with E-state index in [1.807, 2.05) is 19.1 Å². The van der Waals surface area contributed by atoms with Crippen LogP contribution in [0.1, 0.15) is 45.4 Å². The van der Waals surface area contributed by atoms with Crippen LogP contribution in [0.3, 0.4) is 0 Å². The van der Waals surface area contributed by atoms with Crippen LogP contribution in [0.15, 0.2) is 49.6 Å². The van der Waals surface area contributed by atoms with Crippen LogP contribution in [-0.4, -0.2) is 76.7 Å². The van der Waals surface area contributed by atoms with Gasteiger partial charge in [0.15, 0.2) is 0 Å². The summed E-state index contributed by atoms with van der Waals surface area (Å²) in [6.45, 7) is 10.6. The molecule has 3 saturated heterocycles. The zero-order chi connectivity index (χ0) is 28.2. The number of carbonyl (C=O) groups is 3. The number of amides is 2. The van der Waals surface area contributed by atoms with Crippen LogP contribution < -0.4 is 9.64 Å². The lowest BCUT2D eigenvalue weighted by Crippen LogP contribution is -2.55. The van der Waals surface area contributed by atoms with Crippen LogP contribution in [0, 0.1) is 11.8 Å². The number of fused-ring (bicyclic) bond motifs is 1. The number of ether oxygens (including phenoxy) is 2. The van der Waals surface area contributed by atoms with Crippen LogP contribution in [-0.2, 0) is 19.1 Å². The second-order valence-corrected chi connectivity index (χ2v) is 12.6. The van der Waals surface area contributed by atoms with Gasteiger partial charge in [-0.2, -0.15) is 0 Å². The number of benzene rings is 1. The molecule has 0 saturated carbocycles. The maximum atomic E-state index is 14.5. The largest absolute Gasteiger partial charge is 0.497 e. The van der Waals surface area contributed by atoms with Gasteiger partial charge in [0.25, 0.3) is 5.91 Å². The van der Waals surface area contributed by atoms with Gasteiger partial charge < -0.3 is 24.4 Å². The van der Waals surface area contributed by atoms with Crippen LogP contribution in [0.25, 0.3) is 0 Å².